The van der Waals surface area contributed by atoms with Crippen LogP contribution < -0.4 is 5.32 Å². The molecule has 1 saturated heterocycles. The lowest BCUT2D eigenvalue weighted by Gasteiger charge is -2.36. The summed E-state index contributed by atoms with van der Waals surface area (Å²) in [5.41, 5.74) is 0. The molecule has 2 fully saturated rings. The summed E-state index contributed by atoms with van der Waals surface area (Å²) in [7, 11) is 0. The normalized spacial score (nSPS) is 33.4. The van der Waals surface area contributed by atoms with E-state index in [0.717, 1.165) is 12.8 Å². The Hall–Kier alpha value is -0.250. The molecular weight excluding hydrogens is 227 g/mol. The number of hydrogen-bond acceptors (Lipinski definition) is 1. The lowest BCUT2D eigenvalue weighted by atomic mass is 9.82. The fourth-order valence-electron chi connectivity index (χ4n) is 3.32. The third kappa shape index (κ3) is 3.60. The molecular formula is C13H22F3N. The van der Waals surface area contributed by atoms with Crippen LogP contribution in [-0.4, -0.2) is 18.8 Å². The van der Waals surface area contributed by atoms with Gasteiger partial charge >= 0.3 is 6.18 Å². The highest BCUT2D eigenvalue weighted by Gasteiger charge is 2.43. The maximum absolute atomic E-state index is 12.7. The van der Waals surface area contributed by atoms with Crippen LogP contribution in [0.1, 0.15) is 51.4 Å². The van der Waals surface area contributed by atoms with Gasteiger partial charge in [0, 0.05) is 6.04 Å². The van der Waals surface area contributed by atoms with Gasteiger partial charge in [0.2, 0.25) is 0 Å². The van der Waals surface area contributed by atoms with Gasteiger partial charge in [0.25, 0.3) is 0 Å². The smallest absolute Gasteiger partial charge is 0.314 e. The van der Waals surface area contributed by atoms with Crippen LogP contribution in [-0.2, 0) is 0 Å². The number of hydrogen-bond donors (Lipinski definition) is 1. The molecule has 2 rings (SSSR count). The lowest BCUT2D eigenvalue weighted by molar-refractivity contribution is -0.184. The maximum Gasteiger partial charge on any atom is 0.391 e. The molecule has 1 aliphatic carbocycles. The molecule has 17 heavy (non-hydrogen) atoms. The van der Waals surface area contributed by atoms with Crippen molar-refractivity contribution in [3.8, 4) is 0 Å². The van der Waals surface area contributed by atoms with Crippen LogP contribution in [0.3, 0.4) is 0 Å². The van der Waals surface area contributed by atoms with Gasteiger partial charge in [-0.05, 0) is 38.1 Å². The van der Waals surface area contributed by atoms with Crippen LogP contribution in [0.15, 0.2) is 0 Å². The average Bonchev–Trinajstić information content (AvgIpc) is 2.56. The van der Waals surface area contributed by atoms with Gasteiger partial charge in [0.1, 0.15) is 0 Å². The van der Waals surface area contributed by atoms with Crippen LogP contribution in [0.4, 0.5) is 13.2 Å². The predicted molar refractivity (Wildman–Crippen MR) is 61.8 cm³/mol. The van der Waals surface area contributed by atoms with Crippen LogP contribution in [0, 0.1) is 11.8 Å². The lowest BCUT2D eigenvalue weighted by Crippen LogP contribution is -2.46. The molecule has 1 saturated carbocycles. The van der Waals surface area contributed by atoms with Crippen molar-refractivity contribution in [3.63, 3.8) is 0 Å². The Morgan fingerprint density at radius 1 is 0.882 bits per heavy atom. The van der Waals surface area contributed by atoms with E-state index in [-0.39, 0.29) is 12.5 Å². The van der Waals surface area contributed by atoms with E-state index >= 15 is 0 Å². The second-order valence-corrected chi connectivity index (χ2v) is 5.58. The maximum atomic E-state index is 12.7. The zero-order valence-electron chi connectivity index (χ0n) is 10.2. The zero-order chi connectivity index (χ0) is 12.3. The molecule has 2 aliphatic rings. The highest BCUT2D eigenvalue weighted by atomic mass is 19.4. The summed E-state index contributed by atoms with van der Waals surface area (Å²) in [5, 5.41) is 3.32. The Kier molecular flexibility index (Phi) is 4.34. The van der Waals surface area contributed by atoms with Gasteiger partial charge in [-0.2, -0.15) is 13.2 Å². The Labute approximate surface area is 101 Å². The van der Waals surface area contributed by atoms with Crippen LogP contribution in [0.5, 0.6) is 0 Å². The topological polar surface area (TPSA) is 12.0 Å². The summed E-state index contributed by atoms with van der Waals surface area (Å²) in [6.07, 6.45) is 3.69. The van der Waals surface area contributed by atoms with Crippen molar-refractivity contribution in [1.82, 2.24) is 5.32 Å². The molecule has 4 heteroatoms. The van der Waals surface area contributed by atoms with Gasteiger partial charge in [-0.25, -0.2) is 0 Å². The van der Waals surface area contributed by atoms with E-state index in [4.69, 9.17) is 0 Å². The summed E-state index contributed by atoms with van der Waals surface area (Å²) in [4.78, 5) is 0. The van der Waals surface area contributed by atoms with E-state index in [0.29, 0.717) is 18.9 Å². The van der Waals surface area contributed by atoms with E-state index in [1.165, 1.54) is 25.7 Å². The van der Waals surface area contributed by atoms with Gasteiger partial charge in [0.05, 0.1) is 5.92 Å². The molecule has 0 radical (unpaired) electrons. The second-order valence-electron chi connectivity index (χ2n) is 5.58. The van der Waals surface area contributed by atoms with Crippen LogP contribution in [0.25, 0.3) is 0 Å². The average molecular weight is 249 g/mol. The van der Waals surface area contributed by atoms with Crippen molar-refractivity contribution in [2.75, 3.05) is 6.54 Å². The van der Waals surface area contributed by atoms with Gasteiger partial charge in [-0.3, -0.25) is 0 Å². The number of piperidine rings is 1. The molecule has 1 N–H and O–H groups in total. The molecule has 100 valence electrons. The Bertz CT molecular complexity index is 231. The fourth-order valence-corrected chi connectivity index (χ4v) is 3.32. The van der Waals surface area contributed by atoms with Crippen LogP contribution in [0.2, 0.25) is 0 Å². The first-order chi connectivity index (χ1) is 8.07. The minimum Gasteiger partial charge on any atom is -0.314 e. The van der Waals surface area contributed by atoms with E-state index in [2.05, 4.69) is 5.32 Å². The first-order valence-corrected chi connectivity index (χ1v) is 6.87. The molecule has 0 spiro atoms. The predicted octanol–water partition coefficient (Wildman–Crippen LogP) is 3.89. The van der Waals surface area contributed by atoms with E-state index < -0.39 is 12.1 Å². The highest BCUT2D eigenvalue weighted by molar-refractivity contribution is 4.87. The summed E-state index contributed by atoms with van der Waals surface area (Å²) in [5.74, 6) is -0.598. The van der Waals surface area contributed by atoms with E-state index in [1.54, 1.807) is 0 Å². The SMILES string of the molecule is FC(F)(F)C1CCNC(C2CCCCCC2)C1. The molecule has 1 heterocycles. The number of nitrogens with one attached hydrogen (secondary N) is 1. The summed E-state index contributed by atoms with van der Waals surface area (Å²) in [6.45, 7) is 0.533. The Morgan fingerprint density at radius 2 is 1.53 bits per heavy atom. The number of rotatable bonds is 1. The number of halogens is 3. The van der Waals surface area contributed by atoms with Crippen molar-refractivity contribution < 1.29 is 13.2 Å². The third-order valence-corrected chi connectivity index (χ3v) is 4.37. The molecule has 1 nitrogen and oxygen atoms in total. The molecule has 2 unspecified atom stereocenters. The van der Waals surface area contributed by atoms with Crippen molar-refractivity contribution in [1.29, 1.82) is 0 Å². The minimum absolute atomic E-state index is 0.105. The quantitative estimate of drug-likeness (QED) is 0.695. The Morgan fingerprint density at radius 3 is 2.12 bits per heavy atom. The molecule has 0 amide bonds. The first kappa shape index (κ1) is 13.2. The first-order valence-electron chi connectivity index (χ1n) is 6.87. The van der Waals surface area contributed by atoms with Gasteiger partial charge < -0.3 is 5.32 Å². The second kappa shape index (κ2) is 5.59. The van der Waals surface area contributed by atoms with Gasteiger partial charge in [0.15, 0.2) is 0 Å². The summed E-state index contributed by atoms with van der Waals surface area (Å²) >= 11 is 0. The minimum atomic E-state index is -3.99. The van der Waals surface area contributed by atoms with Crippen molar-refractivity contribution in [2.24, 2.45) is 11.8 Å². The standard InChI is InChI=1S/C13H22F3N/c14-13(15,16)11-7-8-17-12(9-11)10-5-3-1-2-4-6-10/h10-12,17H,1-9H2. The van der Waals surface area contributed by atoms with Crippen LogP contribution >= 0.6 is 0 Å². The van der Waals surface area contributed by atoms with Gasteiger partial charge in [-0.1, -0.05) is 25.7 Å². The van der Waals surface area contributed by atoms with E-state index in [9.17, 15) is 13.2 Å². The summed E-state index contributed by atoms with van der Waals surface area (Å²) < 4.78 is 38.2. The highest BCUT2D eigenvalue weighted by Crippen LogP contribution is 2.37. The monoisotopic (exact) mass is 249 g/mol. The van der Waals surface area contributed by atoms with E-state index in [1.807, 2.05) is 0 Å². The largest absolute Gasteiger partial charge is 0.391 e. The molecule has 0 aromatic carbocycles. The zero-order valence-corrected chi connectivity index (χ0v) is 10.2. The molecule has 0 bridgehead atoms. The molecule has 0 aromatic heterocycles. The third-order valence-electron chi connectivity index (χ3n) is 4.37. The fraction of sp³-hybridized carbons (Fsp3) is 1.00. The summed E-state index contributed by atoms with van der Waals surface area (Å²) in [6, 6.07) is 0.105. The van der Waals surface area contributed by atoms with Crippen molar-refractivity contribution >= 4 is 0 Å². The van der Waals surface area contributed by atoms with Gasteiger partial charge in [-0.15, -0.1) is 0 Å². The Balaban J connectivity index is 1.91. The molecule has 1 aliphatic heterocycles. The molecule has 2 atom stereocenters. The van der Waals surface area contributed by atoms with Crippen molar-refractivity contribution in [3.05, 3.63) is 0 Å². The van der Waals surface area contributed by atoms with Crippen molar-refractivity contribution in [2.45, 2.75) is 63.6 Å². The molecule has 0 aromatic rings. The number of alkyl halides is 3.